The van der Waals surface area contributed by atoms with Gasteiger partial charge in [0.25, 0.3) is 0 Å². The van der Waals surface area contributed by atoms with Crippen LogP contribution < -0.4 is 11.3 Å². The molecule has 1 unspecified atom stereocenters. The van der Waals surface area contributed by atoms with E-state index in [-0.39, 0.29) is 5.91 Å². The summed E-state index contributed by atoms with van der Waals surface area (Å²) < 4.78 is 0. The zero-order chi connectivity index (χ0) is 13.1. The molecular formula is C12H27N3OS. The van der Waals surface area contributed by atoms with E-state index >= 15 is 0 Å². The molecule has 0 bridgehead atoms. The van der Waals surface area contributed by atoms with E-state index in [4.69, 9.17) is 5.84 Å². The number of nitrogens with zero attached hydrogens (tertiary/aromatic N) is 1. The van der Waals surface area contributed by atoms with Gasteiger partial charge in [-0.15, -0.1) is 0 Å². The van der Waals surface area contributed by atoms with Crippen molar-refractivity contribution in [2.75, 3.05) is 25.6 Å². The first-order valence-corrected chi connectivity index (χ1v) is 7.73. The second-order valence-electron chi connectivity index (χ2n) is 4.38. The summed E-state index contributed by atoms with van der Waals surface area (Å²) in [7, 11) is 2.19. The summed E-state index contributed by atoms with van der Waals surface area (Å²) in [5.41, 5.74) is 2.16. The highest BCUT2D eigenvalue weighted by Crippen LogP contribution is 2.10. The Labute approximate surface area is 110 Å². The first-order valence-electron chi connectivity index (χ1n) is 6.34. The maximum atomic E-state index is 10.9. The third-order valence-corrected chi connectivity index (χ3v) is 3.75. The van der Waals surface area contributed by atoms with Gasteiger partial charge in [-0.05, 0) is 39.1 Å². The minimum absolute atomic E-state index is 0.0628. The first kappa shape index (κ1) is 16.7. The molecule has 0 aliphatic rings. The molecule has 1 atom stereocenters. The van der Waals surface area contributed by atoms with Crippen molar-refractivity contribution >= 4 is 17.7 Å². The van der Waals surface area contributed by atoms with Crippen LogP contribution in [0.5, 0.6) is 0 Å². The van der Waals surface area contributed by atoms with E-state index in [0.29, 0.717) is 12.5 Å². The minimum Gasteiger partial charge on any atom is -0.303 e. The number of rotatable bonds is 10. The lowest BCUT2D eigenvalue weighted by Gasteiger charge is -2.26. The van der Waals surface area contributed by atoms with Gasteiger partial charge in [0, 0.05) is 18.2 Å². The summed E-state index contributed by atoms with van der Waals surface area (Å²) in [6, 6.07) is 0.678. The highest BCUT2D eigenvalue weighted by molar-refractivity contribution is 7.98. The summed E-state index contributed by atoms with van der Waals surface area (Å²) in [6.45, 7) is 3.35. The van der Waals surface area contributed by atoms with Crippen molar-refractivity contribution in [2.45, 2.75) is 45.1 Å². The van der Waals surface area contributed by atoms with Crippen molar-refractivity contribution in [3.63, 3.8) is 0 Å². The van der Waals surface area contributed by atoms with Crippen molar-refractivity contribution in [1.82, 2.24) is 10.3 Å². The number of hydrazine groups is 1. The fourth-order valence-electron chi connectivity index (χ4n) is 1.83. The fourth-order valence-corrected chi connectivity index (χ4v) is 2.70. The summed E-state index contributed by atoms with van der Waals surface area (Å²) in [6.07, 6.45) is 7.07. The van der Waals surface area contributed by atoms with E-state index < -0.39 is 0 Å². The zero-order valence-electron chi connectivity index (χ0n) is 11.4. The predicted octanol–water partition coefficient (Wildman–Crippen LogP) is 1.61. The van der Waals surface area contributed by atoms with Gasteiger partial charge in [-0.25, -0.2) is 5.84 Å². The van der Waals surface area contributed by atoms with Gasteiger partial charge in [0.1, 0.15) is 0 Å². The van der Waals surface area contributed by atoms with Crippen LogP contribution in [0.15, 0.2) is 0 Å². The molecule has 0 aliphatic heterocycles. The first-order chi connectivity index (χ1) is 8.15. The summed E-state index contributed by atoms with van der Waals surface area (Å²) in [5.74, 6) is 6.15. The Hall–Kier alpha value is -0.260. The second kappa shape index (κ2) is 10.9. The number of nitrogens with two attached hydrogens (primary N) is 1. The maximum absolute atomic E-state index is 10.9. The fraction of sp³-hybridized carbons (Fsp3) is 0.917. The van der Waals surface area contributed by atoms with E-state index in [1.165, 1.54) is 12.2 Å². The van der Waals surface area contributed by atoms with Gasteiger partial charge in [0.2, 0.25) is 5.91 Å². The molecule has 0 spiro atoms. The van der Waals surface area contributed by atoms with E-state index in [1.807, 2.05) is 11.8 Å². The molecule has 0 aliphatic carbocycles. The Bertz CT molecular complexity index is 202. The number of amides is 1. The maximum Gasteiger partial charge on any atom is 0.233 e. The van der Waals surface area contributed by atoms with Crippen LogP contribution in [0.3, 0.4) is 0 Å². The Morgan fingerprint density at radius 1 is 1.41 bits per heavy atom. The van der Waals surface area contributed by atoms with Crippen molar-refractivity contribution < 1.29 is 4.79 Å². The number of carbonyl (C=O) groups is 1. The van der Waals surface area contributed by atoms with E-state index in [9.17, 15) is 4.79 Å². The van der Waals surface area contributed by atoms with Crippen LogP contribution in [-0.2, 0) is 4.79 Å². The normalized spacial score (nSPS) is 12.8. The van der Waals surface area contributed by atoms with Gasteiger partial charge in [-0.1, -0.05) is 13.3 Å². The Morgan fingerprint density at radius 3 is 2.65 bits per heavy atom. The van der Waals surface area contributed by atoms with Crippen LogP contribution in [0.2, 0.25) is 0 Å². The average molecular weight is 261 g/mol. The van der Waals surface area contributed by atoms with Gasteiger partial charge < -0.3 is 4.90 Å². The quantitative estimate of drug-likeness (QED) is 0.271. The predicted molar refractivity (Wildman–Crippen MR) is 75.9 cm³/mol. The Morgan fingerprint density at radius 2 is 2.12 bits per heavy atom. The molecule has 5 heteroatoms. The molecule has 102 valence electrons. The van der Waals surface area contributed by atoms with Crippen LogP contribution in [-0.4, -0.2) is 42.4 Å². The van der Waals surface area contributed by atoms with Gasteiger partial charge in [0.05, 0.1) is 0 Å². The van der Waals surface area contributed by atoms with Crippen molar-refractivity contribution in [2.24, 2.45) is 5.84 Å². The SMILES string of the molecule is CCC(CSC)N(C)CCCCCC(=O)NN. The van der Waals surface area contributed by atoms with Crippen molar-refractivity contribution in [3.8, 4) is 0 Å². The largest absolute Gasteiger partial charge is 0.303 e. The summed E-state index contributed by atoms with van der Waals surface area (Å²) in [5, 5.41) is 0. The van der Waals surface area contributed by atoms with Crippen LogP contribution in [0.1, 0.15) is 39.0 Å². The number of hydrogen-bond donors (Lipinski definition) is 2. The second-order valence-corrected chi connectivity index (χ2v) is 5.29. The molecule has 0 aromatic rings. The molecule has 0 heterocycles. The van der Waals surface area contributed by atoms with Gasteiger partial charge >= 0.3 is 0 Å². The highest BCUT2D eigenvalue weighted by Gasteiger charge is 2.11. The minimum atomic E-state index is -0.0628. The number of nitrogens with one attached hydrogen (secondary N) is 1. The summed E-state index contributed by atoms with van der Waals surface area (Å²) >= 11 is 1.90. The molecule has 0 saturated heterocycles. The van der Waals surface area contributed by atoms with E-state index in [1.54, 1.807) is 0 Å². The molecule has 0 saturated carbocycles. The molecule has 0 aromatic heterocycles. The average Bonchev–Trinajstić information content (AvgIpc) is 2.34. The number of hydrogen-bond acceptors (Lipinski definition) is 4. The molecule has 4 nitrogen and oxygen atoms in total. The van der Waals surface area contributed by atoms with Gasteiger partial charge in [-0.3, -0.25) is 10.2 Å². The van der Waals surface area contributed by atoms with Gasteiger partial charge in [-0.2, -0.15) is 11.8 Å². The topological polar surface area (TPSA) is 58.4 Å². The number of unbranched alkanes of at least 4 members (excludes halogenated alkanes) is 2. The molecule has 17 heavy (non-hydrogen) atoms. The smallest absolute Gasteiger partial charge is 0.233 e. The highest BCUT2D eigenvalue weighted by atomic mass is 32.2. The Balaban J connectivity index is 3.55. The molecule has 3 N–H and O–H groups in total. The van der Waals surface area contributed by atoms with Crippen molar-refractivity contribution in [1.29, 1.82) is 0 Å². The van der Waals surface area contributed by atoms with Crippen LogP contribution in [0, 0.1) is 0 Å². The summed E-state index contributed by atoms with van der Waals surface area (Å²) in [4.78, 5) is 13.3. The molecule has 0 aromatic carbocycles. The van der Waals surface area contributed by atoms with E-state index in [0.717, 1.165) is 25.8 Å². The third kappa shape index (κ3) is 8.46. The molecule has 0 fully saturated rings. The molecule has 1 amide bonds. The van der Waals surface area contributed by atoms with Gasteiger partial charge in [0.15, 0.2) is 0 Å². The monoisotopic (exact) mass is 261 g/mol. The van der Waals surface area contributed by atoms with Crippen LogP contribution >= 0.6 is 11.8 Å². The third-order valence-electron chi connectivity index (χ3n) is 3.03. The zero-order valence-corrected chi connectivity index (χ0v) is 12.2. The number of thioether (sulfide) groups is 1. The lowest BCUT2D eigenvalue weighted by molar-refractivity contribution is -0.121. The molecule has 0 rings (SSSR count). The van der Waals surface area contributed by atoms with Crippen LogP contribution in [0.4, 0.5) is 0 Å². The standard InChI is InChI=1S/C12H27N3OS/c1-4-11(10-17-3)15(2)9-7-5-6-8-12(16)14-13/h11H,4-10,13H2,1-3H3,(H,14,16). The molecular weight excluding hydrogens is 234 g/mol. The van der Waals surface area contributed by atoms with E-state index in [2.05, 4.69) is 30.6 Å². The Kier molecular flexibility index (Phi) is 10.7. The van der Waals surface area contributed by atoms with Crippen molar-refractivity contribution in [3.05, 3.63) is 0 Å². The lowest BCUT2D eigenvalue weighted by atomic mass is 10.1. The number of carbonyl (C=O) groups excluding carboxylic acids is 1. The molecule has 0 radical (unpaired) electrons. The van der Waals surface area contributed by atoms with Crippen LogP contribution in [0.25, 0.3) is 0 Å². The lowest BCUT2D eigenvalue weighted by Crippen LogP contribution is -2.34.